The van der Waals surface area contributed by atoms with Gasteiger partial charge in [0.15, 0.2) is 0 Å². The van der Waals surface area contributed by atoms with Gasteiger partial charge in [0.1, 0.15) is 9.84 Å². The molecule has 1 rings (SSSR count). The molecule has 1 aromatic rings. The van der Waals surface area contributed by atoms with Gasteiger partial charge >= 0.3 is 0 Å². The predicted octanol–water partition coefficient (Wildman–Crippen LogP) is 2.55. The van der Waals surface area contributed by atoms with Crippen LogP contribution in [0.5, 0.6) is 0 Å². The maximum atomic E-state index is 12.3. The van der Waals surface area contributed by atoms with E-state index in [1.54, 1.807) is 17.9 Å². The van der Waals surface area contributed by atoms with Gasteiger partial charge in [-0.15, -0.1) is 0 Å². The normalized spacial score (nSPS) is 13.0. The summed E-state index contributed by atoms with van der Waals surface area (Å²) in [6.07, 6.45) is 2.07. The van der Waals surface area contributed by atoms with Crippen LogP contribution in [0.2, 0.25) is 5.02 Å². The molecule has 0 heterocycles. The van der Waals surface area contributed by atoms with Gasteiger partial charge in [-0.3, -0.25) is 4.79 Å². The summed E-state index contributed by atoms with van der Waals surface area (Å²) in [5.41, 5.74) is 0.930. The highest BCUT2D eigenvalue weighted by molar-refractivity contribution is 7.90. The second-order valence-electron chi connectivity index (χ2n) is 5.21. The summed E-state index contributed by atoms with van der Waals surface area (Å²) in [4.78, 5) is 13.9. The van der Waals surface area contributed by atoms with E-state index in [1.165, 1.54) is 6.26 Å². The van der Waals surface area contributed by atoms with Crippen LogP contribution in [0.25, 0.3) is 0 Å². The standard InChI is InChI=1S/C15H22ClNO3S/c1-4-17(12(2)11-21(3,19)20)15(18)10-9-13-7-5-6-8-14(13)16/h5-8,12H,4,9-11H2,1-3H3. The lowest BCUT2D eigenvalue weighted by Crippen LogP contribution is -2.42. The van der Waals surface area contributed by atoms with Crippen LogP contribution in [0.4, 0.5) is 0 Å². The summed E-state index contributed by atoms with van der Waals surface area (Å²) in [7, 11) is -3.10. The summed E-state index contributed by atoms with van der Waals surface area (Å²) >= 11 is 6.07. The first kappa shape index (κ1) is 18.0. The maximum Gasteiger partial charge on any atom is 0.223 e. The lowest BCUT2D eigenvalue weighted by atomic mass is 10.1. The third-order valence-corrected chi connectivity index (χ3v) is 4.76. The minimum Gasteiger partial charge on any atom is -0.339 e. The van der Waals surface area contributed by atoms with E-state index in [0.717, 1.165) is 5.56 Å². The van der Waals surface area contributed by atoms with Crippen molar-refractivity contribution < 1.29 is 13.2 Å². The van der Waals surface area contributed by atoms with Gasteiger partial charge in [0.2, 0.25) is 5.91 Å². The zero-order valence-corrected chi connectivity index (χ0v) is 14.2. The number of carbonyl (C=O) groups excluding carboxylic acids is 1. The Morgan fingerprint density at radius 2 is 1.95 bits per heavy atom. The highest BCUT2D eigenvalue weighted by Gasteiger charge is 2.21. The molecule has 1 atom stereocenters. The molecule has 0 fully saturated rings. The average molecular weight is 332 g/mol. The van der Waals surface area contributed by atoms with Gasteiger partial charge in [-0.05, 0) is 31.9 Å². The minimum atomic E-state index is -3.10. The van der Waals surface area contributed by atoms with Crippen molar-refractivity contribution in [3.8, 4) is 0 Å². The number of amides is 1. The first-order valence-corrected chi connectivity index (χ1v) is 9.39. The summed E-state index contributed by atoms with van der Waals surface area (Å²) in [6.45, 7) is 4.11. The van der Waals surface area contributed by atoms with Crippen molar-refractivity contribution in [2.45, 2.75) is 32.7 Å². The number of benzene rings is 1. The van der Waals surface area contributed by atoms with Crippen molar-refractivity contribution in [1.82, 2.24) is 4.90 Å². The van der Waals surface area contributed by atoms with Crippen LogP contribution < -0.4 is 0 Å². The average Bonchev–Trinajstić information content (AvgIpc) is 2.36. The molecule has 118 valence electrons. The van der Waals surface area contributed by atoms with Gasteiger partial charge in [0.05, 0.1) is 5.75 Å². The Hall–Kier alpha value is -1.07. The summed E-state index contributed by atoms with van der Waals surface area (Å²) in [5.74, 6) is -0.0628. The molecule has 1 aromatic carbocycles. The number of nitrogens with zero attached hydrogens (tertiary/aromatic N) is 1. The zero-order valence-electron chi connectivity index (χ0n) is 12.7. The van der Waals surface area contributed by atoms with E-state index in [0.29, 0.717) is 24.4 Å². The molecule has 0 bridgehead atoms. The maximum absolute atomic E-state index is 12.3. The van der Waals surface area contributed by atoms with Crippen molar-refractivity contribution in [3.63, 3.8) is 0 Å². The Kier molecular flexibility index (Phi) is 6.68. The predicted molar refractivity (Wildman–Crippen MR) is 86.3 cm³/mol. The molecular formula is C15H22ClNO3S. The van der Waals surface area contributed by atoms with Crippen LogP contribution >= 0.6 is 11.6 Å². The topological polar surface area (TPSA) is 54.5 Å². The molecule has 0 aromatic heterocycles. The molecule has 0 aliphatic carbocycles. The van der Waals surface area contributed by atoms with Gasteiger partial charge in [0.25, 0.3) is 0 Å². The number of rotatable bonds is 7. The SMILES string of the molecule is CCN(C(=O)CCc1ccccc1Cl)C(C)CS(C)(=O)=O. The van der Waals surface area contributed by atoms with E-state index in [4.69, 9.17) is 11.6 Å². The van der Waals surface area contributed by atoms with Crippen molar-refractivity contribution in [1.29, 1.82) is 0 Å². The molecule has 0 saturated heterocycles. The van der Waals surface area contributed by atoms with E-state index in [9.17, 15) is 13.2 Å². The Morgan fingerprint density at radius 3 is 2.48 bits per heavy atom. The highest BCUT2D eigenvalue weighted by Crippen LogP contribution is 2.17. The van der Waals surface area contributed by atoms with Crippen molar-refractivity contribution in [2.75, 3.05) is 18.6 Å². The number of hydrogen-bond donors (Lipinski definition) is 0. The molecular weight excluding hydrogens is 310 g/mol. The third kappa shape index (κ3) is 6.06. The lowest BCUT2D eigenvalue weighted by molar-refractivity contribution is -0.132. The van der Waals surface area contributed by atoms with Crippen LogP contribution in [0.3, 0.4) is 0 Å². The second-order valence-corrected chi connectivity index (χ2v) is 7.80. The Labute approximate surface area is 132 Å². The fourth-order valence-electron chi connectivity index (χ4n) is 2.35. The van der Waals surface area contributed by atoms with E-state index in [1.807, 2.05) is 25.1 Å². The number of halogens is 1. The molecule has 0 saturated carbocycles. The molecule has 21 heavy (non-hydrogen) atoms. The quantitative estimate of drug-likeness (QED) is 0.771. The zero-order chi connectivity index (χ0) is 16.0. The van der Waals surface area contributed by atoms with Crippen LogP contribution in [-0.4, -0.2) is 43.8 Å². The van der Waals surface area contributed by atoms with Crippen LogP contribution in [0.15, 0.2) is 24.3 Å². The van der Waals surface area contributed by atoms with Crippen LogP contribution in [0, 0.1) is 0 Å². The summed E-state index contributed by atoms with van der Waals surface area (Å²) in [5, 5.41) is 0.650. The Balaban J connectivity index is 2.66. The molecule has 6 heteroatoms. The fourth-order valence-corrected chi connectivity index (χ4v) is 3.63. The Bertz CT molecular complexity index is 586. The van der Waals surface area contributed by atoms with E-state index in [-0.39, 0.29) is 17.7 Å². The molecule has 0 aliphatic heterocycles. The van der Waals surface area contributed by atoms with Crippen LogP contribution in [0.1, 0.15) is 25.8 Å². The molecule has 4 nitrogen and oxygen atoms in total. The first-order chi connectivity index (χ1) is 9.74. The van der Waals surface area contributed by atoms with Gasteiger partial charge in [-0.25, -0.2) is 8.42 Å². The number of hydrogen-bond acceptors (Lipinski definition) is 3. The largest absolute Gasteiger partial charge is 0.339 e. The van der Waals surface area contributed by atoms with Gasteiger partial charge < -0.3 is 4.90 Å². The Morgan fingerprint density at radius 1 is 1.33 bits per heavy atom. The van der Waals surface area contributed by atoms with E-state index < -0.39 is 9.84 Å². The monoisotopic (exact) mass is 331 g/mol. The third-order valence-electron chi connectivity index (χ3n) is 3.30. The number of aryl methyl sites for hydroxylation is 1. The van der Waals surface area contributed by atoms with Crippen LogP contribution in [-0.2, 0) is 21.1 Å². The molecule has 0 radical (unpaired) electrons. The smallest absolute Gasteiger partial charge is 0.223 e. The molecule has 0 spiro atoms. The van der Waals surface area contributed by atoms with Crippen molar-refractivity contribution >= 4 is 27.3 Å². The van der Waals surface area contributed by atoms with Crippen molar-refractivity contribution in [3.05, 3.63) is 34.9 Å². The molecule has 1 amide bonds. The van der Waals surface area contributed by atoms with Crippen molar-refractivity contribution in [2.24, 2.45) is 0 Å². The summed E-state index contributed by atoms with van der Waals surface area (Å²) < 4.78 is 22.7. The molecule has 0 aliphatic rings. The summed E-state index contributed by atoms with van der Waals surface area (Å²) in [6, 6.07) is 7.11. The van der Waals surface area contributed by atoms with Gasteiger partial charge in [-0.2, -0.15) is 0 Å². The van der Waals surface area contributed by atoms with E-state index in [2.05, 4.69) is 0 Å². The fraction of sp³-hybridized carbons (Fsp3) is 0.533. The van der Waals surface area contributed by atoms with Gasteiger partial charge in [0, 0.05) is 30.3 Å². The number of carbonyl (C=O) groups is 1. The first-order valence-electron chi connectivity index (χ1n) is 6.95. The molecule has 1 unspecified atom stereocenters. The second kappa shape index (κ2) is 7.80. The highest BCUT2D eigenvalue weighted by atomic mass is 35.5. The number of sulfone groups is 1. The molecule has 0 N–H and O–H groups in total. The lowest BCUT2D eigenvalue weighted by Gasteiger charge is -2.27. The minimum absolute atomic E-state index is 0.0152. The van der Waals surface area contributed by atoms with Gasteiger partial charge in [-0.1, -0.05) is 29.8 Å². The van der Waals surface area contributed by atoms with E-state index >= 15 is 0 Å².